The van der Waals surface area contributed by atoms with Crippen LogP contribution in [0, 0.1) is 11.6 Å². The van der Waals surface area contributed by atoms with Gasteiger partial charge >= 0.3 is 0 Å². The monoisotopic (exact) mass is 611 g/mol. The number of furan rings is 1. The largest absolute Gasteiger partial charge is 0.463 e. The maximum atomic E-state index is 14.8. The molecule has 0 saturated carbocycles. The Morgan fingerprint density at radius 2 is 1.93 bits per heavy atom. The van der Waals surface area contributed by atoms with Gasteiger partial charge < -0.3 is 20.0 Å². The number of halogens is 2. The van der Waals surface area contributed by atoms with Crippen LogP contribution in [0.1, 0.15) is 10.4 Å². The lowest BCUT2D eigenvalue weighted by Gasteiger charge is -2.36. The van der Waals surface area contributed by atoms with Crippen LogP contribution < -0.4 is 10.6 Å². The number of nitrogen functional groups attached to an aromatic ring is 1. The quantitative estimate of drug-likeness (QED) is 0.267. The predicted octanol–water partition coefficient (Wildman–Crippen LogP) is 2.47. The molecule has 1 unspecified atom stereocenters. The number of aromatic nitrogens is 5. The summed E-state index contributed by atoms with van der Waals surface area (Å²) in [5, 5.41) is 9.88. The average Bonchev–Trinajstić information content (AvgIpc) is 3.75. The summed E-state index contributed by atoms with van der Waals surface area (Å²) >= 11 is 0. The lowest BCUT2D eigenvalue weighted by molar-refractivity contribution is 0.0799. The highest BCUT2D eigenvalue weighted by atomic mass is 32.2. The lowest BCUT2D eigenvalue weighted by atomic mass is 10.1. The van der Waals surface area contributed by atoms with Crippen LogP contribution in [-0.4, -0.2) is 103 Å². The number of rotatable bonds is 9. The van der Waals surface area contributed by atoms with E-state index in [4.69, 9.17) is 10.2 Å². The number of carbonyl (C=O) groups excluding carboxylic acids is 1. The highest BCUT2D eigenvalue weighted by Gasteiger charge is 2.25. The van der Waals surface area contributed by atoms with Crippen molar-refractivity contribution in [3.05, 3.63) is 60.0 Å². The van der Waals surface area contributed by atoms with Gasteiger partial charge in [-0.05, 0) is 24.3 Å². The van der Waals surface area contributed by atoms with Crippen LogP contribution in [0.4, 0.5) is 20.4 Å². The molecule has 1 aliphatic rings. The van der Waals surface area contributed by atoms with E-state index in [1.54, 1.807) is 27.7 Å². The third kappa shape index (κ3) is 5.69. The molecular formula is C28H31F2N9O3S. The average molecular weight is 612 g/mol. The molecule has 0 aliphatic carbocycles. The zero-order chi connectivity index (χ0) is 30.2. The normalized spacial score (nSPS) is 15.0. The molecule has 43 heavy (non-hydrogen) atoms. The number of anilines is 2. The Bertz CT molecular complexity index is 1810. The Kier molecular flexibility index (Phi) is 7.83. The van der Waals surface area contributed by atoms with Gasteiger partial charge in [0.15, 0.2) is 11.4 Å². The summed E-state index contributed by atoms with van der Waals surface area (Å²) in [6.07, 6.45) is 4.87. The molecule has 1 atom stereocenters. The van der Waals surface area contributed by atoms with Crippen LogP contribution in [0.2, 0.25) is 0 Å². The number of fused-ring (bicyclic) bond motifs is 3. The molecule has 12 nitrogen and oxygen atoms in total. The van der Waals surface area contributed by atoms with Crippen LogP contribution in [0.3, 0.4) is 0 Å². The molecule has 1 saturated heterocycles. The molecular weight excluding hydrogens is 580 g/mol. The van der Waals surface area contributed by atoms with Crippen molar-refractivity contribution in [2.75, 3.05) is 69.0 Å². The fourth-order valence-electron chi connectivity index (χ4n) is 5.25. The molecule has 5 aromatic rings. The number of carbonyl (C=O) groups is 1. The van der Waals surface area contributed by atoms with Gasteiger partial charge in [0.25, 0.3) is 5.91 Å². The minimum atomic E-state index is -1.09. The van der Waals surface area contributed by atoms with E-state index in [0.717, 1.165) is 17.0 Å². The van der Waals surface area contributed by atoms with Crippen molar-refractivity contribution < 1.29 is 22.2 Å². The summed E-state index contributed by atoms with van der Waals surface area (Å²) in [4.78, 5) is 22.7. The Morgan fingerprint density at radius 3 is 2.65 bits per heavy atom. The number of piperazine rings is 1. The Morgan fingerprint density at radius 1 is 1.14 bits per heavy atom. The molecule has 15 heteroatoms. The highest BCUT2D eigenvalue weighted by molar-refractivity contribution is 7.84. The summed E-state index contributed by atoms with van der Waals surface area (Å²) in [6, 6.07) is 7.55. The molecule has 0 bridgehead atoms. The van der Waals surface area contributed by atoms with Gasteiger partial charge in [0.05, 0.1) is 41.2 Å². The summed E-state index contributed by atoms with van der Waals surface area (Å²) in [6.45, 7) is 3.71. The summed E-state index contributed by atoms with van der Waals surface area (Å²) in [7, 11) is 0.422. The van der Waals surface area contributed by atoms with Gasteiger partial charge in [-0.15, -0.1) is 0 Å². The number of hydrogen-bond donors (Lipinski definition) is 1. The minimum absolute atomic E-state index is 0.188. The first-order valence-electron chi connectivity index (χ1n) is 13.8. The molecule has 1 amide bonds. The van der Waals surface area contributed by atoms with Crippen LogP contribution >= 0.6 is 0 Å². The summed E-state index contributed by atoms with van der Waals surface area (Å²) < 4.78 is 49.7. The van der Waals surface area contributed by atoms with Crippen molar-refractivity contribution in [1.29, 1.82) is 0 Å². The van der Waals surface area contributed by atoms with E-state index in [1.807, 2.05) is 17.0 Å². The van der Waals surface area contributed by atoms with Crippen LogP contribution in [-0.2, 0) is 17.3 Å². The number of hydrogen-bond acceptors (Lipinski definition) is 9. The Hall–Kier alpha value is -4.37. The van der Waals surface area contributed by atoms with Crippen molar-refractivity contribution in [2.24, 2.45) is 0 Å². The first-order valence-corrected chi connectivity index (χ1v) is 15.5. The van der Waals surface area contributed by atoms with Crippen LogP contribution in [0.5, 0.6) is 0 Å². The molecule has 0 radical (unpaired) electrons. The predicted molar refractivity (Wildman–Crippen MR) is 159 cm³/mol. The number of amides is 1. The first-order chi connectivity index (χ1) is 20.7. The summed E-state index contributed by atoms with van der Waals surface area (Å²) in [5.41, 5.74) is 8.29. The second kappa shape index (κ2) is 11.7. The second-order valence-electron chi connectivity index (χ2n) is 10.5. The van der Waals surface area contributed by atoms with Crippen LogP contribution in [0.25, 0.3) is 28.0 Å². The maximum Gasteiger partial charge on any atom is 0.256 e. The molecule has 1 fully saturated rings. The Balaban J connectivity index is 1.11. The van der Waals surface area contributed by atoms with E-state index >= 15 is 0 Å². The van der Waals surface area contributed by atoms with E-state index in [9.17, 15) is 17.8 Å². The van der Waals surface area contributed by atoms with E-state index in [1.165, 1.54) is 24.3 Å². The molecule has 2 N–H and O–H groups in total. The molecule has 1 aromatic carbocycles. The number of nitrogens with zero attached hydrogens (tertiary/aromatic N) is 8. The zero-order valence-corrected chi connectivity index (χ0v) is 24.6. The topological polar surface area (TPSA) is 131 Å². The van der Waals surface area contributed by atoms with Crippen molar-refractivity contribution in [3.8, 4) is 11.5 Å². The lowest BCUT2D eigenvalue weighted by Crippen LogP contribution is -2.47. The molecule has 226 valence electrons. The molecule has 0 spiro atoms. The minimum Gasteiger partial charge on any atom is -0.463 e. The van der Waals surface area contributed by atoms with Crippen molar-refractivity contribution >= 4 is 44.9 Å². The molecule has 5 heterocycles. The van der Waals surface area contributed by atoms with Gasteiger partial charge in [0.1, 0.15) is 17.3 Å². The van der Waals surface area contributed by atoms with E-state index in [0.29, 0.717) is 56.4 Å². The zero-order valence-electron chi connectivity index (χ0n) is 23.7. The third-order valence-corrected chi connectivity index (χ3v) is 8.43. The highest BCUT2D eigenvalue weighted by Crippen LogP contribution is 2.28. The fourth-order valence-corrected chi connectivity index (χ4v) is 5.79. The van der Waals surface area contributed by atoms with E-state index < -0.39 is 28.3 Å². The van der Waals surface area contributed by atoms with Crippen molar-refractivity contribution in [2.45, 2.75) is 6.54 Å². The molecule has 1 aliphatic heterocycles. The van der Waals surface area contributed by atoms with Gasteiger partial charge in [0, 0.05) is 75.2 Å². The molecule has 6 rings (SSSR count). The maximum absolute atomic E-state index is 14.8. The fraction of sp³-hybridized carbons (Fsp3) is 0.357. The van der Waals surface area contributed by atoms with Crippen molar-refractivity contribution in [3.63, 3.8) is 0 Å². The van der Waals surface area contributed by atoms with E-state index in [2.05, 4.69) is 20.1 Å². The second-order valence-corrected chi connectivity index (χ2v) is 12.0. The molecule has 4 aromatic heterocycles. The first kappa shape index (κ1) is 28.7. The number of benzene rings is 1. The third-order valence-electron chi connectivity index (χ3n) is 7.68. The Labute approximate surface area is 248 Å². The van der Waals surface area contributed by atoms with Gasteiger partial charge in [0.2, 0.25) is 5.95 Å². The number of nitrogens with two attached hydrogens (primary N) is 1. The van der Waals surface area contributed by atoms with Gasteiger partial charge in [-0.3, -0.25) is 13.9 Å². The van der Waals surface area contributed by atoms with Gasteiger partial charge in [-0.25, -0.2) is 13.5 Å². The van der Waals surface area contributed by atoms with Gasteiger partial charge in [-0.1, -0.05) is 0 Å². The van der Waals surface area contributed by atoms with E-state index in [-0.39, 0.29) is 29.5 Å². The standard InChI is InChI=1S/C28H31F2N9O3S/c1-35(11-13-43(2)41)27(40)18-14-24(21(30)15-20(18)29)37-8-5-36(6-9-37)7-10-38-26-19(17-32-38)23-16-22(25-4-3-12-42-25)34-39(23)28(31)33-26/h3-4,12,14-17H,5-11,13H2,1-2H3,(H2,31,33). The van der Waals surface area contributed by atoms with Gasteiger partial charge in [-0.2, -0.15) is 19.7 Å². The summed E-state index contributed by atoms with van der Waals surface area (Å²) in [5.74, 6) is -1.06. The van der Waals surface area contributed by atoms with Crippen molar-refractivity contribution in [1.82, 2.24) is 34.2 Å². The smallest absolute Gasteiger partial charge is 0.256 e. The van der Waals surface area contributed by atoms with Crippen LogP contribution in [0.15, 0.2) is 47.2 Å². The SMILES string of the molecule is CN(CCS(C)=O)C(=O)c1cc(N2CCN(CCn3ncc4c3nc(N)n3nc(-c5ccco5)cc43)CC2)c(F)cc1F.